The molecule has 2 N–H and O–H groups in total. The van der Waals surface area contributed by atoms with E-state index in [1.165, 1.54) is 18.3 Å². The summed E-state index contributed by atoms with van der Waals surface area (Å²) in [6.07, 6.45) is 1.43. The Balaban J connectivity index is 1.70. The zero-order valence-corrected chi connectivity index (χ0v) is 23.6. The highest BCUT2D eigenvalue weighted by Gasteiger charge is 2.28. The Morgan fingerprint density at radius 1 is 0.923 bits per heavy atom. The van der Waals surface area contributed by atoms with Gasteiger partial charge < -0.3 is 10.1 Å². The summed E-state index contributed by atoms with van der Waals surface area (Å²) in [4.78, 5) is 24.6. The first kappa shape index (κ1) is 29.4. The molecule has 3 aromatic carbocycles. The third kappa shape index (κ3) is 8.41. The highest BCUT2D eigenvalue weighted by atomic mass is 32.2. The van der Waals surface area contributed by atoms with Gasteiger partial charge in [-0.2, -0.15) is 5.10 Å². The van der Waals surface area contributed by atoms with E-state index in [0.717, 1.165) is 21.0 Å². The molecule has 0 atom stereocenters. The molecule has 10 heteroatoms. The molecule has 0 saturated carbocycles. The van der Waals surface area contributed by atoms with Gasteiger partial charge in [-0.25, -0.2) is 13.8 Å². The van der Waals surface area contributed by atoms with E-state index in [0.29, 0.717) is 17.0 Å². The van der Waals surface area contributed by atoms with Crippen LogP contribution in [0.15, 0.2) is 76.7 Å². The maximum Gasteiger partial charge on any atom is 0.264 e. The van der Waals surface area contributed by atoms with Crippen molar-refractivity contribution in [1.82, 2.24) is 10.7 Å². The topological polar surface area (TPSA) is 117 Å². The van der Waals surface area contributed by atoms with Gasteiger partial charge in [0, 0.05) is 6.04 Å². The summed E-state index contributed by atoms with van der Waals surface area (Å²) in [5, 5.41) is 6.73. The van der Waals surface area contributed by atoms with Crippen LogP contribution >= 0.6 is 0 Å². The van der Waals surface area contributed by atoms with Crippen molar-refractivity contribution >= 4 is 33.7 Å². The number of hydrogen-bond donors (Lipinski definition) is 2. The fourth-order valence-corrected chi connectivity index (χ4v) is 5.11. The molecule has 0 fully saturated rings. The van der Waals surface area contributed by atoms with Crippen LogP contribution in [0.2, 0.25) is 0 Å². The van der Waals surface area contributed by atoms with Crippen LogP contribution in [-0.2, 0) is 19.6 Å². The van der Waals surface area contributed by atoms with E-state index in [4.69, 9.17) is 4.74 Å². The molecule has 0 saturated heterocycles. The number of ether oxygens (including phenoxy) is 1. The number of carbonyl (C=O) groups excluding carboxylic acids is 2. The van der Waals surface area contributed by atoms with E-state index in [1.807, 2.05) is 39.8 Å². The number of amides is 2. The zero-order valence-electron chi connectivity index (χ0n) is 22.8. The third-order valence-corrected chi connectivity index (χ3v) is 7.41. The first-order valence-electron chi connectivity index (χ1n) is 12.5. The molecule has 0 spiro atoms. The quantitative estimate of drug-likeness (QED) is 0.278. The number of carbonyl (C=O) groups is 2. The minimum absolute atomic E-state index is 0.0329. The summed E-state index contributed by atoms with van der Waals surface area (Å²) in [6.45, 7) is 8.72. The van der Waals surface area contributed by atoms with Crippen LogP contribution in [0.5, 0.6) is 5.75 Å². The molecule has 0 aromatic heterocycles. The summed E-state index contributed by atoms with van der Waals surface area (Å²) in [6, 6.07) is 18.8. The van der Waals surface area contributed by atoms with Crippen LogP contribution in [-0.4, -0.2) is 45.6 Å². The molecule has 3 aromatic rings. The molecule has 39 heavy (non-hydrogen) atoms. The summed E-state index contributed by atoms with van der Waals surface area (Å²) >= 11 is 0. The molecule has 206 valence electrons. The molecule has 2 amide bonds. The van der Waals surface area contributed by atoms with Crippen LogP contribution in [0.25, 0.3) is 0 Å². The standard InChI is InChI=1S/C29H34N4O5S/c1-20(2)31-29(35)19-38-25-12-10-24(11-13-25)17-30-32-28(34)18-33(27-16-22(4)6-9-23(27)5)39(36,37)26-14-7-21(3)8-15-26/h6-17,20H,18-19H2,1-5H3,(H,31,35)(H,32,34)/b30-17-. The number of nitrogens with one attached hydrogen (secondary N) is 2. The van der Waals surface area contributed by atoms with Gasteiger partial charge in [-0.1, -0.05) is 29.8 Å². The first-order chi connectivity index (χ1) is 18.5. The summed E-state index contributed by atoms with van der Waals surface area (Å²) in [7, 11) is -4.03. The molecule has 9 nitrogen and oxygen atoms in total. The van der Waals surface area contributed by atoms with Crippen LogP contribution in [0.4, 0.5) is 5.69 Å². The number of benzene rings is 3. The van der Waals surface area contributed by atoms with Crippen molar-refractivity contribution < 1.29 is 22.7 Å². The Bertz CT molecular complexity index is 1430. The Kier molecular flexibility index (Phi) is 9.84. The van der Waals surface area contributed by atoms with Crippen molar-refractivity contribution in [2.24, 2.45) is 5.10 Å². The molecule has 0 aliphatic rings. The van der Waals surface area contributed by atoms with E-state index in [1.54, 1.807) is 49.4 Å². The van der Waals surface area contributed by atoms with Crippen LogP contribution in [0, 0.1) is 20.8 Å². The van der Waals surface area contributed by atoms with Gasteiger partial charge in [-0.05, 0) is 93.8 Å². The fraction of sp³-hybridized carbons (Fsp3) is 0.276. The van der Waals surface area contributed by atoms with Crippen molar-refractivity contribution in [3.8, 4) is 5.75 Å². The van der Waals surface area contributed by atoms with E-state index >= 15 is 0 Å². The lowest BCUT2D eigenvalue weighted by molar-refractivity contribution is -0.123. The Morgan fingerprint density at radius 2 is 1.56 bits per heavy atom. The van der Waals surface area contributed by atoms with Crippen molar-refractivity contribution in [3.63, 3.8) is 0 Å². The fourth-order valence-electron chi connectivity index (χ4n) is 3.63. The van der Waals surface area contributed by atoms with E-state index in [9.17, 15) is 18.0 Å². The predicted octanol–water partition coefficient (Wildman–Crippen LogP) is 3.86. The number of nitrogens with zero attached hydrogens (tertiary/aromatic N) is 2. The number of hydrazone groups is 1. The highest BCUT2D eigenvalue weighted by Crippen LogP contribution is 2.28. The predicted molar refractivity (Wildman–Crippen MR) is 153 cm³/mol. The Labute approximate surface area is 229 Å². The lowest BCUT2D eigenvalue weighted by atomic mass is 10.1. The molecule has 0 aliphatic heterocycles. The highest BCUT2D eigenvalue weighted by molar-refractivity contribution is 7.92. The first-order valence-corrected chi connectivity index (χ1v) is 13.9. The number of sulfonamides is 1. The number of rotatable bonds is 11. The molecular weight excluding hydrogens is 516 g/mol. The summed E-state index contributed by atoms with van der Waals surface area (Å²) in [5.41, 5.74) is 6.02. The lowest BCUT2D eigenvalue weighted by Gasteiger charge is -2.25. The van der Waals surface area contributed by atoms with Crippen LogP contribution < -0.4 is 19.8 Å². The van der Waals surface area contributed by atoms with E-state index in [-0.39, 0.29) is 23.5 Å². The second-order valence-electron chi connectivity index (χ2n) is 9.49. The normalized spacial score (nSPS) is 11.4. The Hall–Kier alpha value is -4.18. The zero-order chi connectivity index (χ0) is 28.6. The van der Waals surface area contributed by atoms with Crippen LogP contribution in [0.1, 0.15) is 36.1 Å². The molecule has 3 rings (SSSR count). The van der Waals surface area contributed by atoms with Gasteiger partial charge in [0.25, 0.3) is 21.8 Å². The minimum Gasteiger partial charge on any atom is -0.484 e. The number of aryl methyl sites for hydroxylation is 3. The van der Waals surface area contributed by atoms with Crippen LogP contribution in [0.3, 0.4) is 0 Å². The molecule has 0 aliphatic carbocycles. The lowest BCUT2D eigenvalue weighted by Crippen LogP contribution is -2.40. The SMILES string of the molecule is Cc1ccc(S(=O)(=O)N(CC(=O)N/N=C\c2ccc(OCC(=O)NC(C)C)cc2)c2cc(C)ccc2C)cc1. The van der Waals surface area contributed by atoms with Gasteiger partial charge >= 0.3 is 0 Å². The van der Waals surface area contributed by atoms with Gasteiger partial charge in [-0.15, -0.1) is 0 Å². The Morgan fingerprint density at radius 3 is 2.21 bits per heavy atom. The van der Waals surface area contributed by atoms with Gasteiger partial charge in [0.05, 0.1) is 16.8 Å². The monoisotopic (exact) mass is 550 g/mol. The summed E-state index contributed by atoms with van der Waals surface area (Å²) < 4.78 is 33.7. The van der Waals surface area contributed by atoms with Gasteiger partial charge in [0.2, 0.25) is 0 Å². The van der Waals surface area contributed by atoms with Gasteiger partial charge in [-0.3, -0.25) is 13.9 Å². The average Bonchev–Trinajstić information content (AvgIpc) is 2.88. The molecule has 0 radical (unpaired) electrons. The smallest absolute Gasteiger partial charge is 0.264 e. The molecule has 0 bridgehead atoms. The van der Waals surface area contributed by atoms with Crippen molar-refractivity contribution in [2.75, 3.05) is 17.5 Å². The van der Waals surface area contributed by atoms with Crippen molar-refractivity contribution in [1.29, 1.82) is 0 Å². The molecule has 0 unspecified atom stereocenters. The maximum absolute atomic E-state index is 13.6. The van der Waals surface area contributed by atoms with Gasteiger partial charge in [0.15, 0.2) is 6.61 Å². The largest absolute Gasteiger partial charge is 0.484 e. The molecule has 0 heterocycles. The van der Waals surface area contributed by atoms with E-state index < -0.39 is 22.5 Å². The number of anilines is 1. The maximum atomic E-state index is 13.6. The second-order valence-corrected chi connectivity index (χ2v) is 11.4. The minimum atomic E-state index is -4.03. The second kappa shape index (κ2) is 13.1. The van der Waals surface area contributed by atoms with Crippen molar-refractivity contribution in [2.45, 2.75) is 45.6 Å². The number of hydrogen-bond acceptors (Lipinski definition) is 6. The third-order valence-electron chi connectivity index (χ3n) is 5.63. The summed E-state index contributed by atoms with van der Waals surface area (Å²) in [5.74, 6) is -0.294. The van der Waals surface area contributed by atoms with Crippen molar-refractivity contribution in [3.05, 3.63) is 89.0 Å². The average molecular weight is 551 g/mol. The van der Waals surface area contributed by atoms with E-state index in [2.05, 4.69) is 15.8 Å². The molecular formula is C29H34N4O5S. The van der Waals surface area contributed by atoms with Gasteiger partial charge in [0.1, 0.15) is 12.3 Å².